The summed E-state index contributed by atoms with van der Waals surface area (Å²) in [4.78, 5) is 26.5. The Morgan fingerprint density at radius 2 is 2.05 bits per heavy atom. The predicted molar refractivity (Wildman–Crippen MR) is 80.9 cm³/mol. The van der Waals surface area contributed by atoms with Gasteiger partial charge in [-0.2, -0.15) is 0 Å². The quantitative estimate of drug-likeness (QED) is 0.803. The molecule has 2 aromatic rings. The third-order valence-corrected chi connectivity index (χ3v) is 3.07. The van der Waals surface area contributed by atoms with Gasteiger partial charge in [0.15, 0.2) is 0 Å². The third-order valence-electron chi connectivity index (χ3n) is 2.61. The number of aromatic nitrogens is 1. The van der Waals surface area contributed by atoms with Gasteiger partial charge in [0.1, 0.15) is 5.69 Å². The maximum Gasteiger partial charge on any atom is 0.272 e. The van der Waals surface area contributed by atoms with E-state index in [1.165, 1.54) is 0 Å². The van der Waals surface area contributed by atoms with E-state index in [9.17, 15) is 9.59 Å². The van der Waals surface area contributed by atoms with Crippen LogP contribution in [0.4, 0.5) is 5.69 Å². The smallest absolute Gasteiger partial charge is 0.272 e. The largest absolute Gasteiger partial charge is 0.356 e. The number of benzene rings is 1. The minimum atomic E-state index is -0.260. The van der Waals surface area contributed by atoms with Crippen molar-refractivity contribution in [1.82, 2.24) is 10.3 Å². The Balaban J connectivity index is 2.12. The van der Waals surface area contributed by atoms with E-state index in [1.54, 1.807) is 36.5 Å². The van der Waals surface area contributed by atoms with Crippen LogP contribution in [0.2, 0.25) is 0 Å². The van der Waals surface area contributed by atoms with E-state index >= 15 is 0 Å². The Morgan fingerprint density at radius 1 is 1.25 bits per heavy atom. The normalized spacial score (nSPS) is 10.1. The van der Waals surface area contributed by atoms with Gasteiger partial charge in [0.25, 0.3) is 11.8 Å². The predicted octanol–water partition coefficient (Wildman–Crippen LogP) is 2.78. The average molecular weight is 336 g/mol. The summed E-state index contributed by atoms with van der Waals surface area (Å²) in [5.74, 6) is -0.421. The highest BCUT2D eigenvalue weighted by Gasteiger charge is 2.10. The van der Waals surface area contributed by atoms with Crippen LogP contribution in [-0.4, -0.2) is 23.3 Å². The molecule has 0 fully saturated rings. The molecule has 1 heterocycles. The minimum absolute atomic E-state index is 0.161. The molecule has 5 nitrogen and oxygen atoms in total. The second-order valence-corrected chi connectivity index (χ2v) is 5.04. The standard InChI is InChI=1S/C14H14BrN3O2/c1-2-16-13(19)9-4-3-5-11(6-9)18-14(20)12-7-10(15)8-17-12/h3-8,17H,2H2,1H3,(H,16,19)(H,18,20). The van der Waals surface area contributed by atoms with Gasteiger partial charge in [-0.1, -0.05) is 6.07 Å². The molecule has 0 bridgehead atoms. The lowest BCUT2D eigenvalue weighted by Gasteiger charge is -2.06. The van der Waals surface area contributed by atoms with Crippen LogP contribution in [0.15, 0.2) is 41.0 Å². The molecule has 0 aliphatic carbocycles. The van der Waals surface area contributed by atoms with Crippen LogP contribution in [0, 0.1) is 0 Å². The number of rotatable bonds is 4. The van der Waals surface area contributed by atoms with Gasteiger partial charge >= 0.3 is 0 Å². The maximum atomic E-state index is 12.0. The molecule has 20 heavy (non-hydrogen) atoms. The molecule has 0 aliphatic heterocycles. The third kappa shape index (κ3) is 3.48. The van der Waals surface area contributed by atoms with Crippen LogP contribution in [0.3, 0.4) is 0 Å². The fraction of sp³-hybridized carbons (Fsp3) is 0.143. The topological polar surface area (TPSA) is 74.0 Å². The molecule has 3 N–H and O–H groups in total. The van der Waals surface area contributed by atoms with Gasteiger partial charge in [-0.25, -0.2) is 0 Å². The number of aromatic amines is 1. The first-order valence-electron chi connectivity index (χ1n) is 6.13. The highest BCUT2D eigenvalue weighted by atomic mass is 79.9. The second-order valence-electron chi connectivity index (χ2n) is 4.13. The molecule has 0 saturated heterocycles. The van der Waals surface area contributed by atoms with Crippen LogP contribution < -0.4 is 10.6 Å². The Labute approximate surface area is 124 Å². The van der Waals surface area contributed by atoms with Crippen molar-refractivity contribution in [3.63, 3.8) is 0 Å². The zero-order valence-corrected chi connectivity index (χ0v) is 12.5. The minimum Gasteiger partial charge on any atom is -0.356 e. The Kier molecular flexibility index (Phi) is 4.57. The van der Waals surface area contributed by atoms with Gasteiger partial charge in [0, 0.05) is 28.5 Å². The summed E-state index contributed by atoms with van der Waals surface area (Å²) in [5.41, 5.74) is 1.53. The Bertz CT molecular complexity index is 637. The van der Waals surface area contributed by atoms with E-state index in [4.69, 9.17) is 0 Å². The summed E-state index contributed by atoms with van der Waals surface area (Å²) in [6.45, 7) is 2.42. The lowest BCUT2D eigenvalue weighted by molar-refractivity contribution is 0.0954. The molecule has 0 unspecified atom stereocenters. The zero-order valence-electron chi connectivity index (χ0n) is 10.9. The number of carbonyl (C=O) groups excluding carboxylic acids is 2. The summed E-state index contributed by atoms with van der Waals surface area (Å²) in [5, 5.41) is 5.45. The van der Waals surface area contributed by atoms with Crippen LogP contribution in [0.1, 0.15) is 27.8 Å². The van der Waals surface area contributed by atoms with Crippen molar-refractivity contribution in [3.05, 3.63) is 52.3 Å². The second kappa shape index (κ2) is 6.38. The lowest BCUT2D eigenvalue weighted by atomic mass is 10.2. The van der Waals surface area contributed by atoms with Gasteiger partial charge in [0.2, 0.25) is 0 Å². The van der Waals surface area contributed by atoms with Crippen molar-refractivity contribution in [2.75, 3.05) is 11.9 Å². The lowest BCUT2D eigenvalue weighted by Crippen LogP contribution is -2.22. The fourth-order valence-corrected chi connectivity index (χ4v) is 2.04. The molecule has 0 spiro atoms. The van der Waals surface area contributed by atoms with E-state index in [1.807, 2.05) is 6.92 Å². The Hall–Kier alpha value is -2.08. The first-order chi connectivity index (χ1) is 9.60. The van der Waals surface area contributed by atoms with E-state index in [-0.39, 0.29) is 11.8 Å². The van der Waals surface area contributed by atoms with E-state index in [2.05, 4.69) is 31.5 Å². The summed E-state index contributed by atoms with van der Waals surface area (Å²) in [6, 6.07) is 8.49. The molecule has 0 aliphatic rings. The van der Waals surface area contributed by atoms with Crippen molar-refractivity contribution in [2.45, 2.75) is 6.92 Å². The highest BCUT2D eigenvalue weighted by Crippen LogP contribution is 2.14. The van der Waals surface area contributed by atoms with Crippen molar-refractivity contribution >= 4 is 33.4 Å². The number of H-pyrrole nitrogens is 1. The molecule has 0 saturated carbocycles. The molecule has 1 aromatic heterocycles. The van der Waals surface area contributed by atoms with Crippen molar-refractivity contribution in [1.29, 1.82) is 0 Å². The maximum absolute atomic E-state index is 12.0. The van der Waals surface area contributed by atoms with Crippen LogP contribution in [0.5, 0.6) is 0 Å². The van der Waals surface area contributed by atoms with Crippen molar-refractivity contribution in [2.24, 2.45) is 0 Å². The van der Waals surface area contributed by atoms with Crippen molar-refractivity contribution in [3.8, 4) is 0 Å². The van der Waals surface area contributed by atoms with E-state index < -0.39 is 0 Å². The molecule has 0 atom stereocenters. The molecule has 104 valence electrons. The van der Waals surface area contributed by atoms with Crippen LogP contribution in [0.25, 0.3) is 0 Å². The van der Waals surface area contributed by atoms with Crippen LogP contribution in [-0.2, 0) is 0 Å². The first kappa shape index (κ1) is 14.3. The summed E-state index contributed by atoms with van der Waals surface area (Å²) in [6.07, 6.45) is 1.68. The number of nitrogens with one attached hydrogen (secondary N) is 3. The van der Waals surface area contributed by atoms with E-state index in [0.29, 0.717) is 23.5 Å². The molecule has 2 rings (SSSR count). The number of halogens is 1. The number of hydrogen-bond acceptors (Lipinski definition) is 2. The zero-order chi connectivity index (χ0) is 14.5. The van der Waals surface area contributed by atoms with Gasteiger partial charge < -0.3 is 15.6 Å². The monoisotopic (exact) mass is 335 g/mol. The van der Waals surface area contributed by atoms with Gasteiger partial charge in [0.05, 0.1) is 0 Å². The summed E-state index contributed by atoms with van der Waals surface area (Å²) >= 11 is 3.27. The number of amides is 2. The van der Waals surface area contributed by atoms with Gasteiger partial charge in [-0.05, 0) is 47.1 Å². The number of hydrogen-bond donors (Lipinski definition) is 3. The summed E-state index contributed by atoms with van der Waals surface area (Å²) < 4.78 is 0.804. The Morgan fingerprint density at radius 3 is 2.70 bits per heavy atom. The SMILES string of the molecule is CCNC(=O)c1cccc(NC(=O)c2cc(Br)c[nH]2)c1. The highest BCUT2D eigenvalue weighted by molar-refractivity contribution is 9.10. The average Bonchev–Trinajstić information content (AvgIpc) is 2.86. The molecule has 0 radical (unpaired) electrons. The number of anilines is 1. The van der Waals surface area contributed by atoms with Gasteiger partial charge in [-0.15, -0.1) is 0 Å². The summed E-state index contributed by atoms with van der Waals surface area (Å²) in [7, 11) is 0. The number of carbonyl (C=O) groups is 2. The van der Waals surface area contributed by atoms with Gasteiger partial charge in [-0.3, -0.25) is 9.59 Å². The molecular weight excluding hydrogens is 322 g/mol. The first-order valence-corrected chi connectivity index (χ1v) is 6.93. The molecule has 2 amide bonds. The molecule has 6 heteroatoms. The molecule has 1 aromatic carbocycles. The fourth-order valence-electron chi connectivity index (χ4n) is 1.70. The van der Waals surface area contributed by atoms with E-state index in [0.717, 1.165) is 4.47 Å². The van der Waals surface area contributed by atoms with Crippen molar-refractivity contribution < 1.29 is 9.59 Å². The molecular formula is C14H14BrN3O2. The van der Waals surface area contributed by atoms with Crippen LogP contribution >= 0.6 is 15.9 Å².